The van der Waals surface area contributed by atoms with Gasteiger partial charge in [0.1, 0.15) is 18.0 Å². The Balaban J connectivity index is 1.50. The van der Waals surface area contributed by atoms with Crippen LogP contribution in [-0.4, -0.2) is 57.4 Å². The molecule has 2 bridgehead atoms. The molecule has 25 heavy (non-hydrogen) atoms. The third-order valence-corrected chi connectivity index (χ3v) is 4.26. The molecular formula is C16H16F2N6O. The van der Waals surface area contributed by atoms with Gasteiger partial charge in [0.15, 0.2) is 0 Å². The van der Waals surface area contributed by atoms with E-state index in [1.165, 1.54) is 12.4 Å². The molecule has 9 heteroatoms. The van der Waals surface area contributed by atoms with Crippen LogP contribution < -0.4 is 4.90 Å². The van der Waals surface area contributed by atoms with Gasteiger partial charge < -0.3 is 14.6 Å². The van der Waals surface area contributed by atoms with E-state index in [0.29, 0.717) is 17.2 Å². The van der Waals surface area contributed by atoms with Crippen LogP contribution in [0, 0.1) is 5.41 Å². The topological polar surface area (TPSA) is 90.8 Å². The predicted molar refractivity (Wildman–Crippen MR) is 87.9 cm³/mol. The van der Waals surface area contributed by atoms with Crippen molar-refractivity contribution in [3.05, 3.63) is 30.5 Å². The van der Waals surface area contributed by atoms with Gasteiger partial charge in [-0.3, -0.25) is 5.41 Å². The highest BCUT2D eigenvalue weighted by atomic mass is 19.3. The van der Waals surface area contributed by atoms with Gasteiger partial charge >= 0.3 is 0 Å². The number of halogens is 2. The van der Waals surface area contributed by atoms with Gasteiger partial charge in [0, 0.05) is 25.6 Å². The molecule has 0 spiro atoms. The normalized spacial score (nSPS) is 22.4. The van der Waals surface area contributed by atoms with E-state index in [-0.39, 0.29) is 12.2 Å². The van der Waals surface area contributed by atoms with Crippen LogP contribution in [0.4, 0.5) is 14.6 Å². The van der Waals surface area contributed by atoms with Crippen LogP contribution >= 0.6 is 0 Å². The zero-order valence-corrected chi connectivity index (χ0v) is 13.2. The van der Waals surface area contributed by atoms with Crippen molar-refractivity contribution in [1.82, 2.24) is 19.9 Å². The molecule has 0 aromatic carbocycles. The molecule has 2 aromatic rings. The number of ether oxygens (including phenoxy) is 1. The first kappa shape index (κ1) is 15.8. The van der Waals surface area contributed by atoms with E-state index in [1.807, 2.05) is 6.07 Å². The van der Waals surface area contributed by atoms with Crippen LogP contribution in [0.15, 0.2) is 24.7 Å². The molecule has 0 radical (unpaired) electrons. The maximum Gasteiger partial charge on any atom is 0.279 e. The van der Waals surface area contributed by atoms with Gasteiger partial charge in [0.2, 0.25) is 0 Å². The molecule has 3 fully saturated rings. The molecule has 2 aromatic heterocycles. The van der Waals surface area contributed by atoms with Gasteiger partial charge in [-0.05, 0) is 12.2 Å². The van der Waals surface area contributed by atoms with Crippen molar-refractivity contribution in [3.8, 4) is 11.4 Å². The van der Waals surface area contributed by atoms with E-state index in [4.69, 9.17) is 10.1 Å². The van der Waals surface area contributed by atoms with Crippen molar-refractivity contribution in [2.24, 2.45) is 0 Å². The molecule has 5 rings (SSSR count). The van der Waals surface area contributed by atoms with E-state index in [0.717, 1.165) is 31.4 Å². The lowest BCUT2D eigenvalue weighted by molar-refractivity contribution is -0.133. The molecule has 7 nitrogen and oxygen atoms in total. The molecule has 3 aliphatic heterocycles. The number of anilines is 1. The summed E-state index contributed by atoms with van der Waals surface area (Å²) in [5, 5.41) is 7.11. The number of H-pyrrole nitrogens is 1. The number of rotatable bonds is 5. The standard InChI is InChI=1S/C16H16F2N6O/c17-16(18)11(19)1-2-14-20-5-13(23-14)12-4-15(22-8-21-12)24-6-9-3-10(7-24)25-9/h1-2,4-5,8-10,16,19H,3,6-7H2,(H,20,23)/b2-1-,19-11?. The molecule has 0 aliphatic carbocycles. The summed E-state index contributed by atoms with van der Waals surface area (Å²) in [6.07, 6.45) is 4.32. The Kier molecular flexibility index (Phi) is 4.00. The Bertz CT molecular complexity index is 804. The van der Waals surface area contributed by atoms with Crippen LogP contribution in [0.2, 0.25) is 0 Å². The molecular weight excluding hydrogens is 330 g/mol. The fourth-order valence-electron chi connectivity index (χ4n) is 3.00. The van der Waals surface area contributed by atoms with Crippen molar-refractivity contribution >= 4 is 17.6 Å². The quantitative estimate of drug-likeness (QED) is 0.810. The third-order valence-electron chi connectivity index (χ3n) is 4.26. The fourth-order valence-corrected chi connectivity index (χ4v) is 3.00. The number of hydrogen-bond donors (Lipinski definition) is 2. The van der Waals surface area contributed by atoms with E-state index in [9.17, 15) is 8.78 Å². The lowest BCUT2D eigenvalue weighted by Crippen LogP contribution is -2.57. The highest BCUT2D eigenvalue weighted by molar-refractivity contribution is 5.97. The SMILES string of the molecule is N=C(/C=C\c1ncc(-c2cc(N3CC4CC(C3)O4)ncn2)[nH]1)C(F)F. The average Bonchev–Trinajstić information content (AvgIpc) is 3.08. The fraction of sp³-hybridized carbons (Fsp3) is 0.375. The van der Waals surface area contributed by atoms with Crippen LogP contribution in [0.5, 0.6) is 0 Å². The van der Waals surface area contributed by atoms with E-state index >= 15 is 0 Å². The second-order valence-electron chi connectivity index (χ2n) is 6.05. The van der Waals surface area contributed by atoms with Crippen molar-refractivity contribution in [2.75, 3.05) is 18.0 Å². The summed E-state index contributed by atoms with van der Waals surface area (Å²) in [5.41, 5.74) is 0.569. The lowest BCUT2D eigenvalue weighted by atomic mass is 9.99. The van der Waals surface area contributed by atoms with Crippen LogP contribution in [0.1, 0.15) is 12.2 Å². The Morgan fingerprint density at radius 1 is 1.32 bits per heavy atom. The number of alkyl halides is 2. The molecule has 3 aliphatic rings. The van der Waals surface area contributed by atoms with Crippen molar-refractivity contribution in [2.45, 2.75) is 25.1 Å². The number of fused-ring (bicyclic) bond motifs is 2. The monoisotopic (exact) mass is 346 g/mol. The minimum atomic E-state index is -2.80. The molecule has 0 saturated carbocycles. The van der Waals surface area contributed by atoms with Crippen LogP contribution in [0.3, 0.4) is 0 Å². The Hall–Kier alpha value is -2.68. The second kappa shape index (κ2) is 6.32. The zero-order chi connectivity index (χ0) is 17.4. The number of aromatic amines is 1. The van der Waals surface area contributed by atoms with Gasteiger partial charge in [-0.15, -0.1) is 0 Å². The molecule has 2 unspecified atom stereocenters. The number of allylic oxidation sites excluding steroid dienone is 1. The first-order valence-electron chi connectivity index (χ1n) is 7.91. The minimum absolute atomic E-state index is 0.284. The summed E-state index contributed by atoms with van der Waals surface area (Å²) in [5.74, 6) is 1.21. The second-order valence-corrected chi connectivity index (χ2v) is 6.05. The van der Waals surface area contributed by atoms with Gasteiger partial charge in [0.05, 0.1) is 35.5 Å². The van der Waals surface area contributed by atoms with Crippen molar-refractivity contribution in [3.63, 3.8) is 0 Å². The zero-order valence-electron chi connectivity index (χ0n) is 13.2. The summed E-state index contributed by atoms with van der Waals surface area (Å²) in [4.78, 5) is 17.9. The average molecular weight is 346 g/mol. The number of hydrogen-bond acceptors (Lipinski definition) is 6. The maximum atomic E-state index is 12.3. The summed E-state index contributed by atoms with van der Waals surface area (Å²) >= 11 is 0. The Morgan fingerprint density at radius 3 is 2.80 bits per heavy atom. The van der Waals surface area contributed by atoms with E-state index < -0.39 is 12.1 Å². The number of aromatic nitrogens is 4. The van der Waals surface area contributed by atoms with E-state index in [2.05, 4.69) is 24.8 Å². The van der Waals surface area contributed by atoms with Crippen molar-refractivity contribution in [1.29, 1.82) is 5.41 Å². The smallest absolute Gasteiger partial charge is 0.279 e. The highest BCUT2D eigenvalue weighted by Gasteiger charge is 2.38. The summed E-state index contributed by atoms with van der Waals surface area (Å²) in [6, 6.07) is 1.87. The van der Waals surface area contributed by atoms with Gasteiger partial charge in [-0.1, -0.05) is 0 Å². The van der Waals surface area contributed by atoms with Gasteiger partial charge in [0.25, 0.3) is 6.43 Å². The molecule has 2 atom stereocenters. The molecule has 5 heterocycles. The number of imidazole rings is 1. The number of nitrogens with zero attached hydrogens (tertiary/aromatic N) is 4. The van der Waals surface area contributed by atoms with Gasteiger partial charge in [-0.2, -0.15) is 0 Å². The highest BCUT2D eigenvalue weighted by Crippen LogP contribution is 2.31. The predicted octanol–water partition coefficient (Wildman–Crippen LogP) is 2.14. The summed E-state index contributed by atoms with van der Waals surface area (Å²) in [7, 11) is 0. The number of nitrogens with one attached hydrogen (secondary N) is 2. The first-order valence-corrected chi connectivity index (χ1v) is 7.91. The number of morpholine rings is 1. The Morgan fingerprint density at radius 2 is 2.08 bits per heavy atom. The summed E-state index contributed by atoms with van der Waals surface area (Å²) in [6.45, 7) is 1.64. The maximum absolute atomic E-state index is 12.3. The lowest BCUT2D eigenvalue weighted by Gasteiger charge is -2.47. The molecule has 0 amide bonds. The Labute approximate surface area is 142 Å². The molecule has 2 N–H and O–H groups in total. The minimum Gasteiger partial charge on any atom is -0.371 e. The van der Waals surface area contributed by atoms with Crippen LogP contribution in [0.25, 0.3) is 17.5 Å². The number of piperidine rings is 1. The van der Waals surface area contributed by atoms with Gasteiger partial charge in [-0.25, -0.2) is 23.7 Å². The summed E-state index contributed by atoms with van der Waals surface area (Å²) < 4.78 is 30.3. The molecule has 3 saturated heterocycles. The van der Waals surface area contributed by atoms with E-state index in [1.54, 1.807) is 6.20 Å². The van der Waals surface area contributed by atoms with Crippen LogP contribution in [-0.2, 0) is 4.74 Å². The largest absolute Gasteiger partial charge is 0.371 e. The van der Waals surface area contributed by atoms with Crippen molar-refractivity contribution < 1.29 is 13.5 Å². The third kappa shape index (κ3) is 3.27. The first-order chi connectivity index (χ1) is 12.1. The molecule has 130 valence electrons.